The fourth-order valence-electron chi connectivity index (χ4n) is 2.68. The topological polar surface area (TPSA) is 68.9 Å². The normalized spacial score (nSPS) is 14.1. The third-order valence-corrected chi connectivity index (χ3v) is 3.88. The van der Waals surface area contributed by atoms with E-state index in [2.05, 4.69) is 10.4 Å². The van der Waals surface area contributed by atoms with Crippen molar-refractivity contribution in [2.75, 3.05) is 5.32 Å². The second-order valence-corrected chi connectivity index (χ2v) is 5.59. The van der Waals surface area contributed by atoms with Gasteiger partial charge < -0.3 is 5.32 Å². The molecule has 1 aromatic carbocycles. The molecular weight excluding hydrogens is 325 g/mol. The lowest BCUT2D eigenvalue weighted by Gasteiger charge is -2.07. The van der Waals surface area contributed by atoms with Crippen molar-refractivity contribution >= 4 is 11.6 Å². The Morgan fingerprint density at radius 3 is 2.75 bits per heavy atom. The molecule has 0 aliphatic carbocycles. The van der Waals surface area contributed by atoms with Crippen LogP contribution in [0.2, 0.25) is 0 Å². The number of halogens is 3. The summed E-state index contributed by atoms with van der Waals surface area (Å²) in [6.07, 6.45) is 3.45. The summed E-state index contributed by atoms with van der Waals surface area (Å²) in [5.41, 5.74) is -0.902. The van der Waals surface area contributed by atoms with Crippen LogP contribution in [0.3, 0.4) is 0 Å². The van der Waals surface area contributed by atoms with E-state index in [1.54, 1.807) is 0 Å². The first-order valence-electron chi connectivity index (χ1n) is 7.57. The van der Waals surface area contributed by atoms with Crippen molar-refractivity contribution in [3.05, 3.63) is 45.9 Å². The van der Waals surface area contributed by atoms with Crippen molar-refractivity contribution in [1.82, 2.24) is 14.3 Å². The fraction of sp³-hybridized carbons (Fsp3) is 0.400. The van der Waals surface area contributed by atoms with Gasteiger partial charge in [-0.05, 0) is 25.0 Å². The molecule has 0 radical (unpaired) electrons. The zero-order chi connectivity index (χ0) is 17.3. The highest BCUT2D eigenvalue weighted by molar-refractivity contribution is 5.90. The van der Waals surface area contributed by atoms with Gasteiger partial charge in [0.05, 0.1) is 5.69 Å². The van der Waals surface area contributed by atoms with Crippen molar-refractivity contribution < 1.29 is 18.0 Å². The van der Waals surface area contributed by atoms with Crippen LogP contribution in [-0.2, 0) is 24.3 Å². The summed E-state index contributed by atoms with van der Waals surface area (Å²) in [5.74, 6) is -4.64. The number of hydrogen-bond acceptors (Lipinski definition) is 3. The minimum Gasteiger partial charge on any atom is -0.322 e. The van der Waals surface area contributed by atoms with Gasteiger partial charge in [-0.2, -0.15) is 5.10 Å². The Morgan fingerprint density at radius 1 is 1.17 bits per heavy atom. The van der Waals surface area contributed by atoms with Gasteiger partial charge >= 0.3 is 5.69 Å². The van der Waals surface area contributed by atoms with Crippen LogP contribution in [0.15, 0.2) is 16.9 Å². The monoisotopic (exact) mass is 340 g/mol. The highest BCUT2D eigenvalue weighted by Gasteiger charge is 2.19. The van der Waals surface area contributed by atoms with Gasteiger partial charge in [0, 0.05) is 13.0 Å². The Labute approximate surface area is 134 Å². The molecule has 0 fully saturated rings. The summed E-state index contributed by atoms with van der Waals surface area (Å²) in [7, 11) is 0. The average Bonchev–Trinajstić information content (AvgIpc) is 2.73. The van der Waals surface area contributed by atoms with Crippen molar-refractivity contribution in [2.24, 2.45) is 0 Å². The van der Waals surface area contributed by atoms with Crippen LogP contribution in [0.25, 0.3) is 0 Å². The average molecular weight is 340 g/mol. The quantitative estimate of drug-likeness (QED) is 0.867. The van der Waals surface area contributed by atoms with Gasteiger partial charge in [-0.1, -0.05) is 6.42 Å². The summed E-state index contributed by atoms with van der Waals surface area (Å²) in [6.45, 7) is 0.116. The first kappa shape index (κ1) is 16.3. The molecule has 0 atom stereocenters. The summed E-state index contributed by atoms with van der Waals surface area (Å²) < 4.78 is 42.1. The van der Waals surface area contributed by atoms with Gasteiger partial charge in [-0.3, -0.25) is 9.36 Å². The van der Waals surface area contributed by atoms with Crippen molar-refractivity contribution in [2.45, 2.75) is 38.8 Å². The molecular formula is C15H15F3N4O2. The van der Waals surface area contributed by atoms with Gasteiger partial charge in [-0.25, -0.2) is 22.6 Å². The molecule has 1 aromatic heterocycles. The van der Waals surface area contributed by atoms with Gasteiger partial charge in [0.25, 0.3) is 0 Å². The molecule has 1 aliphatic rings. The van der Waals surface area contributed by atoms with Gasteiger partial charge in [-0.15, -0.1) is 0 Å². The van der Waals surface area contributed by atoms with Crippen LogP contribution in [0.4, 0.5) is 18.9 Å². The minimum absolute atomic E-state index is 0.409. The number of fused-ring (bicyclic) bond motifs is 1. The predicted octanol–water partition coefficient (Wildman–Crippen LogP) is 1.83. The second kappa shape index (κ2) is 6.50. The molecule has 0 saturated carbocycles. The van der Waals surface area contributed by atoms with E-state index in [9.17, 15) is 22.8 Å². The first-order valence-corrected chi connectivity index (χ1v) is 7.57. The van der Waals surface area contributed by atoms with E-state index in [1.165, 1.54) is 4.57 Å². The number of anilines is 1. The van der Waals surface area contributed by atoms with E-state index in [1.807, 2.05) is 0 Å². The fourth-order valence-corrected chi connectivity index (χ4v) is 2.68. The maximum absolute atomic E-state index is 13.6. The highest BCUT2D eigenvalue weighted by atomic mass is 19.2. The van der Waals surface area contributed by atoms with Gasteiger partial charge in [0.2, 0.25) is 5.91 Å². The SMILES string of the molecule is O=C(Cn1nc2n(c1=O)CCCCC2)Nc1ccc(F)c(F)c1F. The predicted molar refractivity (Wildman–Crippen MR) is 79.0 cm³/mol. The largest absolute Gasteiger partial charge is 0.346 e. The molecule has 2 aromatic rings. The Bertz CT molecular complexity index is 844. The molecule has 128 valence electrons. The number of hydrogen-bond donors (Lipinski definition) is 1. The molecule has 1 N–H and O–H groups in total. The Kier molecular flexibility index (Phi) is 4.41. The Morgan fingerprint density at radius 2 is 1.96 bits per heavy atom. The standard InChI is InChI=1S/C15H15F3N4O2/c16-9-5-6-10(14(18)13(9)17)19-12(23)8-22-15(24)21-7-3-1-2-4-11(21)20-22/h5-6H,1-4,7-8H2,(H,19,23). The lowest BCUT2D eigenvalue weighted by Crippen LogP contribution is -2.30. The third-order valence-electron chi connectivity index (χ3n) is 3.88. The van der Waals surface area contributed by atoms with E-state index in [0.29, 0.717) is 24.9 Å². The second-order valence-electron chi connectivity index (χ2n) is 5.59. The summed E-state index contributed by atoms with van der Waals surface area (Å²) in [6, 6.07) is 1.62. The van der Waals surface area contributed by atoms with Crippen LogP contribution >= 0.6 is 0 Å². The van der Waals surface area contributed by atoms with Crippen LogP contribution in [0.1, 0.15) is 25.1 Å². The molecule has 3 rings (SSSR count). The number of nitrogens with zero attached hydrogens (tertiary/aromatic N) is 3. The van der Waals surface area contributed by atoms with Crippen molar-refractivity contribution in [1.29, 1.82) is 0 Å². The number of aromatic nitrogens is 3. The van der Waals surface area contributed by atoms with Crippen LogP contribution in [0.5, 0.6) is 0 Å². The first-order chi connectivity index (χ1) is 11.5. The molecule has 9 heteroatoms. The molecule has 0 saturated heterocycles. The summed E-state index contributed by atoms with van der Waals surface area (Å²) >= 11 is 0. The van der Waals surface area contributed by atoms with Crippen LogP contribution < -0.4 is 11.0 Å². The molecule has 2 heterocycles. The number of amides is 1. The number of rotatable bonds is 3. The molecule has 24 heavy (non-hydrogen) atoms. The van der Waals surface area contributed by atoms with Gasteiger partial charge in [0.1, 0.15) is 12.4 Å². The van der Waals surface area contributed by atoms with Gasteiger partial charge in [0.15, 0.2) is 17.5 Å². The van der Waals surface area contributed by atoms with E-state index in [-0.39, 0.29) is 0 Å². The van der Waals surface area contributed by atoms with E-state index < -0.39 is 41.3 Å². The van der Waals surface area contributed by atoms with E-state index in [4.69, 9.17) is 0 Å². The smallest absolute Gasteiger partial charge is 0.322 e. The molecule has 1 aliphatic heterocycles. The maximum Gasteiger partial charge on any atom is 0.346 e. The third kappa shape index (κ3) is 3.06. The number of carbonyl (C=O) groups is 1. The Hall–Kier alpha value is -2.58. The lowest BCUT2D eigenvalue weighted by atomic mass is 10.2. The molecule has 0 spiro atoms. The molecule has 1 amide bonds. The van der Waals surface area contributed by atoms with Crippen LogP contribution in [-0.4, -0.2) is 20.3 Å². The van der Waals surface area contributed by atoms with E-state index in [0.717, 1.165) is 30.0 Å². The van der Waals surface area contributed by atoms with Crippen molar-refractivity contribution in [3.63, 3.8) is 0 Å². The number of aryl methyl sites for hydroxylation is 1. The summed E-state index contributed by atoms with van der Waals surface area (Å²) in [4.78, 5) is 24.2. The van der Waals surface area contributed by atoms with Crippen molar-refractivity contribution in [3.8, 4) is 0 Å². The Balaban J connectivity index is 1.76. The molecule has 0 bridgehead atoms. The molecule has 0 unspecified atom stereocenters. The number of benzene rings is 1. The minimum atomic E-state index is -1.67. The lowest BCUT2D eigenvalue weighted by molar-refractivity contribution is -0.117. The summed E-state index contributed by atoms with van der Waals surface area (Å²) in [5, 5.41) is 6.24. The number of carbonyl (C=O) groups excluding carboxylic acids is 1. The maximum atomic E-state index is 13.6. The zero-order valence-electron chi connectivity index (χ0n) is 12.7. The number of nitrogens with one attached hydrogen (secondary N) is 1. The molecule has 6 nitrogen and oxygen atoms in total. The van der Waals surface area contributed by atoms with Crippen LogP contribution in [0, 0.1) is 17.5 Å². The highest BCUT2D eigenvalue weighted by Crippen LogP contribution is 2.19. The zero-order valence-corrected chi connectivity index (χ0v) is 12.7. The van der Waals surface area contributed by atoms with E-state index >= 15 is 0 Å².